The molecule has 1 aromatic rings. The maximum atomic E-state index is 6.01. The summed E-state index contributed by atoms with van der Waals surface area (Å²) in [6.07, 6.45) is 2.64. The zero-order chi connectivity index (χ0) is 14.1. The van der Waals surface area contributed by atoms with Gasteiger partial charge in [0, 0.05) is 32.2 Å². The Kier molecular flexibility index (Phi) is 7.30. The molecule has 0 aliphatic carbocycles. The highest BCUT2D eigenvalue weighted by molar-refractivity contribution is 5.41. The van der Waals surface area contributed by atoms with Crippen molar-refractivity contribution in [2.75, 3.05) is 27.4 Å². The number of hydrogen-bond donors (Lipinski definition) is 1. The highest BCUT2D eigenvalue weighted by atomic mass is 16.5. The second-order valence-electron chi connectivity index (χ2n) is 4.54. The van der Waals surface area contributed by atoms with Crippen LogP contribution in [0.3, 0.4) is 0 Å². The van der Waals surface area contributed by atoms with Gasteiger partial charge in [-0.1, -0.05) is 13.0 Å². The molecule has 0 saturated heterocycles. The van der Waals surface area contributed by atoms with E-state index in [9.17, 15) is 0 Å². The van der Waals surface area contributed by atoms with Crippen LogP contribution in [-0.2, 0) is 11.2 Å². The Morgan fingerprint density at radius 1 is 1.21 bits per heavy atom. The Labute approximate surface area is 115 Å². The van der Waals surface area contributed by atoms with Gasteiger partial charge in [-0.3, -0.25) is 0 Å². The number of benzene rings is 1. The fourth-order valence-electron chi connectivity index (χ4n) is 1.78. The maximum Gasteiger partial charge on any atom is 0.126 e. The van der Waals surface area contributed by atoms with E-state index in [1.165, 1.54) is 0 Å². The number of rotatable bonds is 9. The Balaban J connectivity index is 2.71. The molecule has 4 nitrogen and oxygen atoms in total. The molecular formula is C15H25NO3. The van der Waals surface area contributed by atoms with E-state index in [4.69, 9.17) is 19.9 Å². The Morgan fingerprint density at radius 3 is 2.63 bits per heavy atom. The van der Waals surface area contributed by atoms with Crippen LogP contribution in [0.5, 0.6) is 11.5 Å². The van der Waals surface area contributed by atoms with Crippen LogP contribution in [0, 0.1) is 0 Å². The molecule has 0 aromatic heterocycles. The van der Waals surface area contributed by atoms with Gasteiger partial charge in [0.25, 0.3) is 0 Å². The van der Waals surface area contributed by atoms with Gasteiger partial charge in [-0.15, -0.1) is 0 Å². The zero-order valence-corrected chi connectivity index (χ0v) is 12.1. The van der Waals surface area contributed by atoms with E-state index in [1.54, 1.807) is 14.2 Å². The minimum absolute atomic E-state index is 0.162. The summed E-state index contributed by atoms with van der Waals surface area (Å²) in [5.41, 5.74) is 7.15. The Morgan fingerprint density at radius 2 is 2.00 bits per heavy atom. The largest absolute Gasteiger partial charge is 0.497 e. The van der Waals surface area contributed by atoms with Crippen LogP contribution in [0.2, 0.25) is 0 Å². The first kappa shape index (κ1) is 15.8. The van der Waals surface area contributed by atoms with Crippen molar-refractivity contribution in [3.05, 3.63) is 23.8 Å². The number of hydrogen-bond acceptors (Lipinski definition) is 4. The quantitative estimate of drug-likeness (QED) is 0.698. The fraction of sp³-hybridized carbons (Fsp3) is 0.600. The molecule has 0 bridgehead atoms. The summed E-state index contributed by atoms with van der Waals surface area (Å²) >= 11 is 0. The van der Waals surface area contributed by atoms with Crippen molar-refractivity contribution in [2.24, 2.45) is 5.73 Å². The maximum absolute atomic E-state index is 6.01. The van der Waals surface area contributed by atoms with Crippen LogP contribution in [0.1, 0.15) is 25.3 Å². The minimum Gasteiger partial charge on any atom is -0.497 e. The predicted octanol–water partition coefficient (Wildman–Crippen LogP) is 2.39. The van der Waals surface area contributed by atoms with Gasteiger partial charge in [-0.25, -0.2) is 0 Å². The van der Waals surface area contributed by atoms with E-state index in [-0.39, 0.29) is 6.04 Å². The van der Waals surface area contributed by atoms with Crippen molar-refractivity contribution in [1.82, 2.24) is 0 Å². The highest BCUT2D eigenvalue weighted by Crippen LogP contribution is 2.26. The van der Waals surface area contributed by atoms with Crippen molar-refractivity contribution >= 4 is 0 Å². The SMILES string of the molecule is CCC(N)Cc1ccc(OC)cc1OCCCOC. The fourth-order valence-corrected chi connectivity index (χ4v) is 1.78. The van der Waals surface area contributed by atoms with Crippen molar-refractivity contribution < 1.29 is 14.2 Å². The normalized spacial score (nSPS) is 12.2. The third-order valence-corrected chi connectivity index (χ3v) is 3.03. The highest BCUT2D eigenvalue weighted by Gasteiger charge is 2.09. The molecule has 0 spiro atoms. The van der Waals surface area contributed by atoms with Gasteiger partial charge in [0.05, 0.1) is 13.7 Å². The first-order valence-corrected chi connectivity index (χ1v) is 6.75. The lowest BCUT2D eigenvalue weighted by atomic mass is 10.0. The first-order valence-electron chi connectivity index (χ1n) is 6.75. The molecule has 1 aromatic carbocycles. The third kappa shape index (κ3) is 5.49. The molecule has 0 aliphatic heterocycles. The number of nitrogens with two attached hydrogens (primary N) is 1. The third-order valence-electron chi connectivity index (χ3n) is 3.03. The first-order chi connectivity index (χ1) is 9.21. The number of ether oxygens (including phenoxy) is 3. The molecule has 1 unspecified atom stereocenters. The minimum atomic E-state index is 0.162. The second kappa shape index (κ2) is 8.77. The van der Waals surface area contributed by atoms with E-state index < -0.39 is 0 Å². The molecule has 19 heavy (non-hydrogen) atoms. The van der Waals surface area contributed by atoms with Gasteiger partial charge in [-0.05, 0) is 24.5 Å². The van der Waals surface area contributed by atoms with Crippen LogP contribution < -0.4 is 15.2 Å². The summed E-state index contributed by atoms with van der Waals surface area (Å²) in [7, 11) is 3.35. The van der Waals surface area contributed by atoms with Crippen LogP contribution in [-0.4, -0.2) is 33.5 Å². The van der Waals surface area contributed by atoms with Crippen molar-refractivity contribution in [3.63, 3.8) is 0 Å². The summed E-state index contributed by atoms with van der Waals surface area (Å²) in [4.78, 5) is 0. The molecule has 4 heteroatoms. The molecular weight excluding hydrogens is 242 g/mol. The Bertz CT molecular complexity index is 368. The van der Waals surface area contributed by atoms with Crippen molar-refractivity contribution in [1.29, 1.82) is 0 Å². The molecule has 0 amide bonds. The van der Waals surface area contributed by atoms with Crippen LogP contribution >= 0.6 is 0 Å². The predicted molar refractivity (Wildman–Crippen MR) is 77.0 cm³/mol. The second-order valence-corrected chi connectivity index (χ2v) is 4.54. The van der Waals surface area contributed by atoms with Gasteiger partial charge in [0.1, 0.15) is 11.5 Å². The molecule has 108 valence electrons. The topological polar surface area (TPSA) is 53.7 Å². The van der Waals surface area contributed by atoms with Gasteiger partial charge >= 0.3 is 0 Å². The van der Waals surface area contributed by atoms with Crippen molar-refractivity contribution in [3.8, 4) is 11.5 Å². The molecule has 1 atom stereocenters. The summed E-state index contributed by atoms with van der Waals surface area (Å²) in [5, 5.41) is 0. The summed E-state index contributed by atoms with van der Waals surface area (Å²) in [6.45, 7) is 3.43. The molecule has 2 N–H and O–H groups in total. The van der Waals surface area contributed by atoms with E-state index >= 15 is 0 Å². The van der Waals surface area contributed by atoms with Gasteiger partial charge in [-0.2, -0.15) is 0 Å². The van der Waals surface area contributed by atoms with Crippen molar-refractivity contribution in [2.45, 2.75) is 32.2 Å². The summed E-state index contributed by atoms with van der Waals surface area (Å²) in [5.74, 6) is 1.66. The van der Waals surface area contributed by atoms with E-state index in [0.29, 0.717) is 13.2 Å². The molecule has 1 rings (SSSR count). The number of methoxy groups -OCH3 is 2. The average molecular weight is 267 g/mol. The van der Waals surface area contributed by atoms with Crippen LogP contribution in [0.4, 0.5) is 0 Å². The standard InChI is InChI=1S/C15H25NO3/c1-4-13(16)10-12-6-7-14(18-3)11-15(12)19-9-5-8-17-2/h6-7,11,13H,4-5,8-10,16H2,1-3H3. The zero-order valence-electron chi connectivity index (χ0n) is 12.1. The average Bonchev–Trinajstić information content (AvgIpc) is 2.44. The monoisotopic (exact) mass is 267 g/mol. The van der Waals surface area contributed by atoms with Crippen LogP contribution in [0.25, 0.3) is 0 Å². The lowest BCUT2D eigenvalue weighted by molar-refractivity contribution is 0.171. The van der Waals surface area contributed by atoms with Gasteiger partial charge in [0.2, 0.25) is 0 Å². The smallest absolute Gasteiger partial charge is 0.126 e. The lowest BCUT2D eigenvalue weighted by Crippen LogP contribution is -2.21. The summed E-state index contributed by atoms with van der Waals surface area (Å²) < 4.78 is 16.1. The molecule has 0 aliphatic rings. The Hall–Kier alpha value is -1.26. The summed E-state index contributed by atoms with van der Waals surface area (Å²) in [6, 6.07) is 6.05. The molecule has 0 heterocycles. The van der Waals surface area contributed by atoms with Gasteiger partial charge < -0.3 is 19.9 Å². The lowest BCUT2D eigenvalue weighted by Gasteiger charge is -2.15. The van der Waals surface area contributed by atoms with E-state index in [2.05, 4.69) is 6.92 Å². The van der Waals surface area contributed by atoms with Gasteiger partial charge in [0.15, 0.2) is 0 Å². The van der Waals surface area contributed by atoms with E-state index in [1.807, 2.05) is 18.2 Å². The van der Waals surface area contributed by atoms with Crippen LogP contribution in [0.15, 0.2) is 18.2 Å². The molecule has 0 fully saturated rings. The molecule has 0 radical (unpaired) electrons. The van der Waals surface area contributed by atoms with E-state index in [0.717, 1.165) is 36.3 Å². The molecule has 0 saturated carbocycles.